The van der Waals surface area contributed by atoms with Gasteiger partial charge in [-0.3, -0.25) is 4.98 Å². The Bertz CT molecular complexity index is 737. The van der Waals surface area contributed by atoms with E-state index < -0.39 is 5.60 Å². The van der Waals surface area contributed by atoms with Gasteiger partial charge in [0, 0.05) is 43.0 Å². The summed E-state index contributed by atoms with van der Waals surface area (Å²) in [7, 11) is 0. The second kappa shape index (κ2) is 6.35. The molecule has 0 bridgehead atoms. The van der Waals surface area contributed by atoms with E-state index >= 15 is 0 Å². The number of rotatable bonds is 3. The van der Waals surface area contributed by atoms with Crippen LogP contribution in [0, 0.1) is 6.92 Å². The summed E-state index contributed by atoms with van der Waals surface area (Å²) >= 11 is 0. The van der Waals surface area contributed by atoms with Crippen LogP contribution >= 0.6 is 0 Å². The van der Waals surface area contributed by atoms with Crippen LogP contribution in [0.2, 0.25) is 0 Å². The van der Waals surface area contributed by atoms with Crippen LogP contribution in [-0.4, -0.2) is 39.2 Å². The number of nitrogens with two attached hydrogens (primary N) is 1. The Kier molecular flexibility index (Phi) is 4.17. The molecule has 2 aliphatic rings. The third-order valence-corrected chi connectivity index (χ3v) is 5.49. The van der Waals surface area contributed by atoms with Crippen LogP contribution in [0.4, 0.5) is 5.82 Å². The van der Waals surface area contributed by atoms with E-state index in [1.54, 1.807) is 6.20 Å². The Morgan fingerprint density at radius 1 is 1.20 bits per heavy atom. The number of aliphatic hydroxyl groups is 1. The molecule has 1 aliphatic carbocycles. The van der Waals surface area contributed by atoms with Crippen molar-refractivity contribution in [1.82, 2.24) is 15.0 Å². The normalized spacial score (nSPS) is 25.5. The van der Waals surface area contributed by atoms with Crippen molar-refractivity contribution >= 4 is 5.82 Å². The molecule has 2 aromatic rings. The largest absolute Gasteiger partial charge is 0.383 e. The number of pyridine rings is 1. The molecular formula is C19H25N5O. The van der Waals surface area contributed by atoms with Crippen LogP contribution in [0.1, 0.15) is 48.8 Å². The summed E-state index contributed by atoms with van der Waals surface area (Å²) in [5, 5.41) is 10.9. The Morgan fingerprint density at radius 2 is 1.96 bits per heavy atom. The standard InChI is InChI=1S/C19H25N5O/c1-13-22-16(14-10-15(20)11-14)12-18(23-13)24-8-5-19(25,6-9-24)17-4-2-3-7-21-17/h2-4,7,12,14-15,25H,5-6,8-11,20H2,1H3. The van der Waals surface area contributed by atoms with Crippen LogP contribution in [0.25, 0.3) is 0 Å². The van der Waals surface area contributed by atoms with Gasteiger partial charge in [0.15, 0.2) is 0 Å². The fourth-order valence-electron chi connectivity index (χ4n) is 3.85. The van der Waals surface area contributed by atoms with Crippen LogP contribution < -0.4 is 10.6 Å². The molecular weight excluding hydrogens is 314 g/mol. The van der Waals surface area contributed by atoms with E-state index in [0.29, 0.717) is 24.8 Å². The summed E-state index contributed by atoms with van der Waals surface area (Å²) in [6.45, 7) is 3.46. The van der Waals surface area contributed by atoms with Crippen molar-refractivity contribution in [3.8, 4) is 0 Å². The highest BCUT2D eigenvalue weighted by atomic mass is 16.3. The summed E-state index contributed by atoms with van der Waals surface area (Å²) in [6, 6.07) is 8.12. The molecule has 0 amide bonds. The maximum absolute atomic E-state index is 10.9. The van der Waals surface area contributed by atoms with Gasteiger partial charge in [-0.2, -0.15) is 0 Å². The van der Waals surface area contributed by atoms with Gasteiger partial charge in [-0.15, -0.1) is 0 Å². The molecule has 0 aromatic carbocycles. The molecule has 0 atom stereocenters. The maximum Gasteiger partial charge on any atom is 0.132 e. The van der Waals surface area contributed by atoms with Crippen LogP contribution in [-0.2, 0) is 5.60 Å². The highest BCUT2D eigenvalue weighted by Gasteiger charge is 2.36. The molecule has 6 heteroatoms. The van der Waals surface area contributed by atoms with Crippen molar-refractivity contribution in [2.75, 3.05) is 18.0 Å². The topological polar surface area (TPSA) is 88.2 Å². The fourth-order valence-corrected chi connectivity index (χ4v) is 3.85. The fraction of sp³-hybridized carbons (Fsp3) is 0.526. The summed E-state index contributed by atoms with van der Waals surface area (Å²) in [5.41, 5.74) is 6.95. The van der Waals surface area contributed by atoms with E-state index in [-0.39, 0.29) is 0 Å². The zero-order valence-corrected chi connectivity index (χ0v) is 14.6. The second-order valence-electron chi connectivity index (χ2n) is 7.36. The van der Waals surface area contributed by atoms with Crippen molar-refractivity contribution in [1.29, 1.82) is 0 Å². The Morgan fingerprint density at radius 3 is 2.60 bits per heavy atom. The minimum Gasteiger partial charge on any atom is -0.383 e. The molecule has 0 radical (unpaired) electrons. The average molecular weight is 339 g/mol. The van der Waals surface area contributed by atoms with Crippen molar-refractivity contribution in [2.24, 2.45) is 5.73 Å². The van der Waals surface area contributed by atoms with E-state index in [4.69, 9.17) is 5.73 Å². The predicted octanol–water partition coefficient (Wildman–Crippen LogP) is 1.87. The number of piperidine rings is 1. The first-order chi connectivity index (χ1) is 12.0. The van der Waals surface area contributed by atoms with Crippen molar-refractivity contribution in [2.45, 2.75) is 50.2 Å². The lowest BCUT2D eigenvalue weighted by Crippen LogP contribution is -2.43. The summed E-state index contributed by atoms with van der Waals surface area (Å²) in [6.07, 6.45) is 5.06. The van der Waals surface area contributed by atoms with Gasteiger partial charge in [0.05, 0.1) is 5.69 Å². The molecule has 1 saturated carbocycles. The van der Waals surface area contributed by atoms with Crippen LogP contribution in [0.3, 0.4) is 0 Å². The van der Waals surface area contributed by atoms with Gasteiger partial charge < -0.3 is 15.7 Å². The smallest absolute Gasteiger partial charge is 0.132 e. The molecule has 1 saturated heterocycles. The first-order valence-corrected chi connectivity index (χ1v) is 9.03. The summed E-state index contributed by atoms with van der Waals surface area (Å²) < 4.78 is 0. The molecule has 6 nitrogen and oxygen atoms in total. The number of hydrogen-bond acceptors (Lipinski definition) is 6. The quantitative estimate of drug-likeness (QED) is 0.887. The number of nitrogens with zero attached hydrogens (tertiary/aromatic N) is 4. The van der Waals surface area contributed by atoms with Gasteiger partial charge in [-0.1, -0.05) is 6.07 Å². The third-order valence-electron chi connectivity index (χ3n) is 5.49. The molecule has 132 valence electrons. The molecule has 1 aliphatic heterocycles. The first kappa shape index (κ1) is 16.4. The SMILES string of the molecule is Cc1nc(C2CC(N)C2)cc(N2CCC(O)(c3ccccn3)CC2)n1. The maximum atomic E-state index is 10.9. The Balaban J connectivity index is 1.49. The van der Waals surface area contributed by atoms with Crippen molar-refractivity contribution in [3.05, 3.63) is 47.7 Å². The zero-order valence-electron chi connectivity index (χ0n) is 14.6. The van der Waals surface area contributed by atoms with E-state index in [0.717, 1.165) is 49.0 Å². The van der Waals surface area contributed by atoms with E-state index in [2.05, 4.69) is 25.9 Å². The highest BCUT2D eigenvalue weighted by Crippen LogP contribution is 2.37. The minimum atomic E-state index is -0.844. The molecule has 3 N–H and O–H groups in total. The number of anilines is 1. The van der Waals surface area contributed by atoms with E-state index in [1.165, 1.54) is 0 Å². The molecule has 2 fully saturated rings. The second-order valence-corrected chi connectivity index (χ2v) is 7.36. The van der Waals surface area contributed by atoms with Crippen LogP contribution in [0.5, 0.6) is 0 Å². The van der Waals surface area contributed by atoms with Crippen molar-refractivity contribution in [3.63, 3.8) is 0 Å². The van der Waals surface area contributed by atoms with Gasteiger partial charge in [0.25, 0.3) is 0 Å². The lowest BCUT2D eigenvalue weighted by atomic mass is 9.78. The number of aromatic nitrogens is 3. The lowest BCUT2D eigenvalue weighted by Gasteiger charge is -2.39. The zero-order chi connectivity index (χ0) is 17.4. The van der Waals surface area contributed by atoms with Gasteiger partial charge in [0.2, 0.25) is 0 Å². The predicted molar refractivity (Wildman–Crippen MR) is 96.3 cm³/mol. The molecule has 4 rings (SSSR count). The van der Waals surface area contributed by atoms with Crippen LogP contribution in [0.15, 0.2) is 30.5 Å². The average Bonchev–Trinajstić information content (AvgIpc) is 2.60. The van der Waals surface area contributed by atoms with Gasteiger partial charge in [0.1, 0.15) is 17.2 Å². The summed E-state index contributed by atoms with van der Waals surface area (Å²) in [4.78, 5) is 15.8. The number of aryl methyl sites for hydroxylation is 1. The molecule has 0 unspecified atom stereocenters. The molecule has 2 aromatic heterocycles. The first-order valence-electron chi connectivity index (χ1n) is 9.03. The highest BCUT2D eigenvalue weighted by molar-refractivity contribution is 5.42. The number of hydrogen-bond donors (Lipinski definition) is 2. The van der Waals surface area contributed by atoms with E-state index in [9.17, 15) is 5.11 Å². The van der Waals surface area contributed by atoms with Crippen molar-refractivity contribution < 1.29 is 5.11 Å². The molecule has 0 spiro atoms. The monoisotopic (exact) mass is 339 g/mol. The van der Waals surface area contributed by atoms with Gasteiger partial charge in [-0.25, -0.2) is 9.97 Å². The minimum absolute atomic E-state index is 0.312. The third kappa shape index (κ3) is 3.24. The van der Waals surface area contributed by atoms with E-state index in [1.807, 2.05) is 25.1 Å². The Hall–Kier alpha value is -2.05. The Labute approximate surface area is 148 Å². The summed E-state index contributed by atoms with van der Waals surface area (Å²) in [5.74, 6) is 2.23. The van der Waals surface area contributed by atoms with Gasteiger partial charge >= 0.3 is 0 Å². The molecule has 3 heterocycles. The lowest BCUT2D eigenvalue weighted by molar-refractivity contribution is 0.00749. The van der Waals surface area contributed by atoms with Gasteiger partial charge in [-0.05, 0) is 44.7 Å². The molecule has 25 heavy (non-hydrogen) atoms.